The monoisotopic (exact) mass is 421 g/mol. The molecule has 0 bridgehead atoms. The van der Waals surface area contributed by atoms with Gasteiger partial charge in [0.05, 0.1) is 6.04 Å². The number of amides is 1. The van der Waals surface area contributed by atoms with Crippen LogP contribution in [0.25, 0.3) is 0 Å². The number of benzene rings is 1. The van der Waals surface area contributed by atoms with Gasteiger partial charge < -0.3 is 4.90 Å². The molecule has 1 saturated heterocycles. The zero-order chi connectivity index (χ0) is 20.1. The highest BCUT2D eigenvalue weighted by molar-refractivity contribution is 7.91. The van der Waals surface area contributed by atoms with E-state index < -0.39 is 10.0 Å². The summed E-state index contributed by atoms with van der Waals surface area (Å²) in [6, 6.07) is 13.1. The van der Waals surface area contributed by atoms with Crippen molar-refractivity contribution in [3.05, 3.63) is 53.4 Å². The van der Waals surface area contributed by atoms with Crippen LogP contribution in [0.1, 0.15) is 19.4 Å². The highest BCUT2D eigenvalue weighted by atomic mass is 32.2. The van der Waals surface area contributed by atoms with Crippen molar-refractivity contribution in [1.82, 2.24) is 14.1 Å². The zero-order valence-electron chi connectivity index (χ0n) is 16.3. The molecule has 152 valence electrons. The minimum absolute atomic E-state index is 0.0842. The maximum absolute atomic E-state index is 13.0. The second kappa shape index (κ2) is 9.17. The molecule has 2 heterocycles. The van der Waals surface area contributed by atoms with Gasteiger partial charge in [-0.15, -0.1) is 11.3 Å². The molecule has 8 heteroatoms. The molecule has 0 N–H and O–H groups in total. The maximum atomic E-state index is 13.0. The average Bonchev–Trinajstić information content (AvgIpc) is 3.27. The largest absolute Gasteiger partial charge is 0.337 e. The molecule has 1 aliphatic rings. The molecule has 1 fully saturated rings. The molecule has 0 saturated carbocycles. The standard InChI is InChI=1S/C20H27N3O3S2/c1-3-21(16-18-8-5-4-6-9-18)20(24)17(2)22-11-13-23(14-12-22)28(25,26)19-10-7-15-27-19/h4-10,15,17H,3,11-14,16H2,1-2H3/t17-/m0/s1. The smallest absolute Gasteiger partial charge is 0.252 e. The Morgan fingerprint density at radius 1 is 1.11 bits per heavy atom. The van der Waals surface area contributed by atoms with Crippen LogP contribution in [0.15, 0.2) is 52.1 Å². The van der Waals surface area contributed by atoms with Crippen LogP contribution in [0.4, 0.5) is 0 Å². The van der Waals surface area contributed by atoms with Gasteiger partial charge in [0.1, 0.15) is 4.21 Å². The first kappa shape index (κ1) is 21.0. The Morgan fingerprint density at radius 3 is 2.36 bits per heavy atom. The molecule has 0 radical (unpaired) electrons. The average molecular weight is 422 g/mol. The number of sulfonamides is 1. The van der Waals surface area contributed by atoms with Gasteiger partial charge in [0.25, 0.3) is 10.0 Å². The van der Waals surface area contributed by atoms with Crippen LogP contribution in [0, 0.1) is 0 Å². The molecule has 1 aliphatic heterocycles. The highest BCUT2D eigenvalue weighted by Crippen LogP contribution is 2.22. The Labute approximate surface area is 171 Å². The molecule has 0 unspecified atom stereocenters. The van der Waals surface area contributed by atoms with E-state index in [1.54, 1.807) is 17.5 Å². The van der Waals surface area contributed by atoms with E-state index in [2.05, 4.69) is 4.90 Å². The lowest BCUT2D eigenvalue weighted by atomic mass is 10.1. The second-order valence-electron chi connectivity index (χ2n) is 6.89. The van der Waals surface area contributed by atoms with E-state index in [0.717, 1.165) is 5.56 Å². The van der Waals surface area contributed by atoms with Crippen molar-refractivity contribution in [2.45, 2.75) is 30.6 Å². The SMILES string of the molecule is CCN(Cc1ccccc1)C(=O)[C@H](C)N1CCN(S(=O)(=O)c2cccs2)CC1. The van der Waals surface area contributed by atoms with E-state index in [-0.39, 0.29) is 11.9 Å². The van der Waals surface area contributed by atoms with Crippen molar-refractivity contribution >= 4 is 27.3 Å². The van der Waals surface area contributed by atoms with E-state index in [1.807, 2.05) is 49.1 Å². The Balaban J connectivity index is 1.59. The van der Waals surface area contributed by atoms with Crippen molar-refractivity contribution in [1.29, 1.82) is 0 Å². The first-order chi connectivity index (χ1) is 13.4. The van der Waals surface area contributed by atoms with Crippen molar-refractivity contribution in [2.24, 2.45) is 0 Å². The molecular weight excluding hydrogens is 394 g/mol. The fraction of sp³-hybridized carbons (Fsp3) is 0.450. The van der Waals surface area contributed by atoms with Crippen LogP contribution >= 0.6 is 11.3 Å². The molecule has 2 aromatic rings. The number of hydrogen-bond donors (Lipinski definition) is 0. The minimum atomic E-state index is -3.42. The zero-order valence-corrected chi connectivity index (χ0v) is 18.0. The first-order valence-electron chi connectivity index (χ1n) is 9.54. The number of carbonyl (C=O) groups is 1. The number of thiophene rings is 1. The van der Waals surface area contributed by atoms with Gasteiger partial charge in [0, 0.05) is 39.3 Å². The van der Waals surface area contributed by atoms with Gasteiger partial charge in [0.15, 0.2) is 0 Å². The molecule has 1 aromatic carbocycles. The first-order valence-corrected chi connectivity index (χ1v) is 11.9. The summed E-state index contributed by atoms with van der Waals surface area (Å²) >= 11 is 1.24. The third kappa shape index (κ3) is 4.63. The number of piperazine rings is 1. The maximum Gasteiger partial charge on any atom is 0.252 e. The Morgan fingerprint density at radius 2 is 1.79 bits per heavy atom. The summed E-state index contributed by atoms with van der Waals surface area (Å²) in [5.41, 5.74) is 1.11. The van der Waals surface area contributed by atoms with Crippen molar-refractivity contribution < 1.29 is 13.2 Å². The van der Waals surface area contributed by atoms with Crippen molar-refractivity contribution in [3.8, 4) is 0 Å². The Bertz CT molecular complexity index is 861. The van der Waals surface area contributed by atoms with Crippen LogP contribution in [0.2, 0.25) is 0 Å². The molecular formula is C20H27N3O3S2. The molecule has 28 heavy (non-hydrogen) atoms. The quantitative estimate of drug-likeness (QED) is 0.689. The number of hydrogen-bond acceptors (Lipinski definition) is 5. The molecule has 1 atom stereocenters. The summed E-state index contributed by atoms with van der Waals surface area (Å²) < 4.78 is 27.2. The molecule has 6 nitrogen and oxygen atoms in total. The van der Waals surface area contributed by atoms with Gasteiger partial charge >= 0.3 is 0 Å². The summed E-state index contributed by atoms with van der Waals surface area (Å²) in [5.74, 6) is 0.0842. The Kier molecular flexibility index (Phi) is 6.87. The van der Waals surface area contributed by atoms with Gasteiger partial charge in [-0.25, -0.2) is 8.42 Å². The summed E-state index contributed by atoms with van der Waals surface area (Å²) in [6.07, 6.45) is 0. The van der Waals surface area contributed by atoms with Gasteiger partial charge in [0.2, 0.25) is 5.91 Å². The lowest BCUT2D eigenvalue weighted by Crippen LogP contribution is -2.55. The van der Waals surface area contributed by atoms with Crippen LogP contribution in [0.5, 0.6) is 0 Å². The van der Waals surface area contributed by atoms with E-state index in [1.165, 1.54) is 15.6 Å². The topological polar surface area (TPSA) is 60.9 Å². The molecule has 1 aromatic heterocycles. The lowest BCUT2D eigenvalue weighted by Gasteiger charge is -2.38. The van der Waals surface area contributed by atoms with Gasteiger partial charge in [-0.3, -0.25) is 9.69 Å². The summed E-state index contributed by atoms with van der Waals surface area (Å²) in [6.45, 7) is 7.06. The molecule has 0 spiro atoms. The van der Waals surface area contributed by atoms with Gasteiger partial charge in [-0.2, -0.15) is 4.31 Å². The van der Waals surface area contributed by atoms with Crippen LogP contribution in [0.3, 0.4) is 0 Å². The Hall–Kier alpha value is -1.74. The lowest BCUT2D eigenvalue weighted by molar-refractivity contribution is -0.137. The number of likely N-dealkylation sites (N-methyl/N-ethyl adjacent to an activating group) is 1. The molecule has 1 amide bonds. The second-order valence-corrected chi connectivity index (χ2v) is 10.00. The van der Waals surface area contributed by atoms with Gasteiger partial charge in [-0.1, -0.05) is 36.4 Å². The fourth-order valence-electron chi connectivity index (χ4n) is 3.44. The normalized spacial score (nSPS) is 17.4. The van der Waals surface area contributed by atoms with Crippen LogP contribution in [-0.2, 0) is 21.4 Å². The van der Waals surface area contributed by atoms with Crippen LogP contribution < -0.4 is 0 Å². The third-order valence-corrected chi connectivity index (χ3v) is 8.45. The van der Waals surface area contributed by atoms with E-state index in [0.29, 0.717) is 43.5 Å². The minimum Gasteiger partial charge on any atom is -0.337 e. The summed E-state index contributed by atoms with van der Waals surface area (Å²) in [7, 11) is -3.42. The van der Waals surface area contributed by atoms with Crippen molar-refractivity contribution in [2.75, 3.05) is 32.7 Å². The van der Waals surface area contributed by atoms with Crippen molar-refractivity contribution in [3.63, 3.8) is 0 Å². The highest BCUT2D eigenvalue weighted by Gasteiger charge is 2.33. The number of rotatable bonds is 7. The summed E-state index contributed by atoms with van der Waals surface area (Å²) in [4.78, 5) is 16.9. The van der Waals surface area contributed by atoms with E-state index in [4.69, 9.17) is 0 Å². The van der Waals surface area contributed by atoms with Gasteiger partial charge in [-0.05, 0) is 30.9 Å². The van der Waals surface area contributed by atoms with Crippen LogP contribution in [-0.4, -0.2) is 67.2 Å². The van der Waals surface area contributed by atoms with E-state index >= 15 is 0 Å². The predicted octanol–water partition coefficient (Wildman–Crippen LogP) is 2.49. The molecule has 0 aliphatic carbocycles. The molecule has 3 rings (SSSR count). The fourth-order valence-corrected chi connectivity index (χ4v) is 6.01. The number of carbonyl (C=O) groups excluding carboxylic acids is 1. The summed E-state index contributed by atoms with van der Waals surface area (Å²) in [5, 5.41) is 1.77. The third-order valence-electron chi connectivity index (χ3n) is 5.18. The number of nitrogens with zero attached hydrogens (tertiary/aromatic N) is 3. The predicted molar refractivity (Wildman–Crippen MR) is 112 cm³/mol. The van der Waals surface area contributed by atoms with E-state index in [9.17, 15) is 13.2 Å².